The van der Waals surface area contributed by atoms with Gasteiger partial charge in [0.1, 0.15) is 4.64 Å². The van der Waals surface area contributed by atoms with Gasteiger partial charge in [0.05, 0.1) is 4.70 Å². The number of pyridine rings is 1. The van der Waals surface area contributed by atoms with E-state index in [4.69, 9.17) is 12.2 Å². The second-order valence-corrected chi connectivity index (χ2v) is 4.11. The van der Waals surface area contributed by atoms with Crippen molar-refractivity contribution in [1.82, 2.24) is 4.98 Å². The minimum Gasteiger partial charge on any atom is -0.352 e. The summed E-state index contributed by atoms with van der Waals surface area (Å²) in [5.74, 6) is 0. The zero-order valence-corrected chi connectivity index (χ0v) is 7.68. The lowest BCUT2D eigenvalue weighted by molar-refractivity contribution is 1.34. The Kier molecular flexibility index (Phi) is 1.55. The van der Waals surface area contributed by atoms with Crippen molar-refractivity contribution in [3.8, 4) is 0 Å². The molecule has 0 fully saturated rings. The number of aromatic amines is 1. The van der Waals surface area contributed by atoms with Crippen LogP contribution in [0.15, 0.2) is 18.3 Å². The van der Waals surface area contributed by atoms with Crippen molar-refractivity contribution in [2.45, 2.75) is 6.92 Å². The van der Waals surface area contributed by atoms with Crippen molar-refractivity contribution in [3.63, 3.8) is 0 Å². The quantitative estimate of drug-likeness (QED) is 0.617. The van der Waals surface area contributed by atoms with Gasteiger partial charge >= 0.3 is 0 Å². The lowest BCUT2D eigenvalue weighted by atomic mass is 10.3. The Bertz CT molecular complexity index is 439. The van der Waals surface area contributed by atoms with Gasteiger partial charge in [-0.2, -0.15) is 0 Å². The standard InChI is InChI=1S/C8H7NS2/c1-5-4-6-2-3-9-8(10)7(6)11-5/h2-4H,1H3,(H,9,10). The van der Waals surface area contributed by atoms with Gasteiger partial charge in [-0.1, -0.05) is 12.2 Å². The first-order valence-corrected chi connectivity index (χ1v) is 4.58. The van der Waals surface area contributed by atoms with Crippen LogP contribution in [-0.4, -0.2) is 4.98 Å². The van der Waals surface area contributed by atoms with Gasteiger partial charge in [0.25, 0.3) is 0 Å². The van der Waals surface area contributed by atoms with Gasteiger partial charge in [-0.05, 0) is 24.4 Å². The Morgan fingerprint density at radius 1 is 1.55 bits per heavy atom. The Morgan fingerprint density at radius 2 is 2.36 bits per heavy atom. The molecule has 0 saturated carbocycles. The van der Waals surface area contributed by atoms with Crippen molar-refractivity contribution in [1.29, 1.82) is 0 Å². The summed E-state index contributed by atoms with van der Waals surface area (Å²) < 4.78 is 2.04. The van der Waals surface area contributed by atoms with Crippen molar-refractivity contribution in [2.24, 2.45) is 0 Å². The molecule has 56 valence electrons. The number of aromatic nitrogens is 1. The van der Waals surface area contributed by atoms with Crippen LogP contribution in [0.1, 0.15) is 4.88 Å². The molecule has 2 aromatic heterocycles. The molecule has 0 radical (unpaired) electrons. The summed E-state index contributed by atoms with van der Waals surface area (Å²) in [6.07, 6.45) is 1.89. The predicted octanol–water partition coefficient (Wildman–Crippen LogP) is 3.27. The van der Waals surface area contributed by atoms with Gasteiger partial charge in [-0.15, -0.1) is 11.3 Å². The molecule has 0 aliphatic carbocycles. The monoisotopic (exact) mass is 181 g/mol. The number of thiophene rings is 1. The summed E-state index contributed by atoms with van der Waals surface area (Å²) in [6.45, 7) is 2.10. The van der Waals surface area contributed by atoms with E-state index in [-0.39, 0.29) is 0 Å². The van der Waals surface area contributed by atoms with Crippen LogP contribution in [0.3, 0.4) is 0 Å². The molecule has 1 N–H and O–H groups in total. The first kappa shape index (κ1) is 7.00. The lowest BCUT2D eigenvalue weighted by Gasteiger charge is -1.85. The molecule has 0 spiro atoms. The number of aryl methyl sites for hydroxylation is 1. The van der Waals surface area contributed by atoms with Gasteiger partial charge in [0, 0.05) is 11.1 Å². The molecule has 1 nitrogen and oxygen atoms in total. The van der Waals surface area contributed by atoms with Gasteiger partial charge in [-0.25, -0.2) is 0 Å². The normalized spacial score (nSPS) is 10.6. The molecule has 3 heteroatoms. The van der Waals surface area contributed by atoms with Crippen molar-refractivity contribution >= 4 is 33.6 Å². The molecule has 0 aliphatic heterocycles. The van der Waals surface area contributed by atoms with E-state index in [1.165, 1.54) is 15.0 Å². The number of hydrogen-bond acceptors (Lipinski definition) is 2. The Labute approximate surface area is 73.7 Å². The maximum absolute atomic E-state index is 5.12. The van der Waals surface area contributed by atoms with Gasteiger partial charge in [0.15, 0.2) is 0 Å². The first-order valence-electron chi connectivity index (χ1n) is 3.35. The van der Waals surface area contributed by atoms with Crippen molar-refractivity contribution in [2.75, 3.05) is 0 Å². The molecule has 0 aromatic carbocycles. The summed E-state index contributed by atoms with van der Waals surface area (Å²) in [5.41, 5.74) is 0. The van der Waals surface area contributed by atoms with Crippen LogP contribution in [0.2, 0.25) is 0 Å². The highest BCUT2D eigenvalue weighted by Gasteiger charge is 1.97. The second kappa shape index (κ2) is 2.43. The second-order valence-electron chi connectivity index (χ2n) is 2.45. The number of nitrogens with one attached hydrogen (secondary N) is 1. The Hall–Kier alpha value is -0.670. The largest absolute Gasteiger partial charge is 0.352 e. The fourth-order valence-electron chi connectivity index (χ4n) is 1.11. The molecular formula is C8H7NS2. The van der Waals surface area contributed by atoms with Crippen LogP contribution >= 0.6 is 23.6 Å². The van der Waals surface area contributed by atoms with Crippen LogP contribution in [0.25, 0.3) is 10.1 Å². The van der Waals surface area contributed by atoms with Crippen molar-refractivity contribution < 1.29 is 0 Å². The molecule has 0 saturated heterocycles. The van der Waals surface area contributed by atoms with E-state index in [0.29, 0.717) is 0 Å². The lowest BCUT2D eigenvalue weighted by Crippen LogP contribution is -1.69. The molecule has 11 heavy (non-hydrogen) atoms. The SMILES string of the molecule is Cc1cc2cc[nH]c(=S)c2s1. The van der Waals surface area contributed by atoms with Crippen LogP contribution < -0.4 is 0 Å². The Morgan fingerprint density at radius 3 is 3.09 bits per heavy atom. The zero-order chi connectivity index (χ0) is 7.84. The van der Waals surface area contributed by atoms with Crippen LogP contribution in [0, 0.1) is 11.6 Å². The smallest absolute Gasteiger partial charge is 0.121 e. The van der Waals surface area contributed by atoms with E-state index >= 15 is 0 Å². The summed E-state index contributed by atoms with van der Waals surface area (Å²) in [5, 5.41) is 1.25. The van der Waals surface area contributed by atoms with E-state index in [1.807, 2.05) is 6.20 Å². The minimum atomic E-state index is 0.848. The summed E-state index contributed by atoms with van der Waals surface area (Å²) >= 11 is 6.87. The number of rotatable bonds is 0. The highest BCUT2D eigenvalue weighted by Crippen LogP contribution is 2.24. The van der Waals surface area contributed by atoms with Crippen molar-refractivity contribution in [3.05, 3.63) is 27.8 Å². The molecule has 0 atom stereocenters. The summed E-state index contributed by atoms with van der Waals surface area (Å²) in [6, 6.07) is 4.21. The molecule has 0 bridgehead atoms. The molecule has 2 rings (SSSR count). The minimum absolute atomic E-state index is 0.848. The molecule has 0 aliphatic rings. The molecule has 0 unspecified atom stereocenters. The highest BCUT2D eigenvalue weighted by atomic mass is 32.1. The fraction of sp³-hybridized carbons (Fsp3) is 0.125. The maximum atomic E-state index is 5.12. The van der Waals surface area contributed by atoms with Gasteiger partial charge < -0.3 is 4.98 Å². The third-order valence-corrected chi connectivity index (χ3v) is 3.10. The number of hydrogen-bond donors (Lipinski definition) is 1. The van der Waals surface area contributed by atoms with Crippen LogP contribution in [0.4, 0.5) is 0 Å². The van der Waals surface area contributed by atoms with E-state index in [0.717, 1.165) is 4.64 Å². The Balaban J connectivity index is 3.02. The number of H-pyrrole nitrogens is 1. The third-order valence-electron chi connectivity index (χ3n) is 1.57. The molecule has 2 heterocycles. The van der Waals surface area contributed by atoms with Crippen LogP contribution in [-0.2, 0) is 0 Å². The molecule has 2 aromatic rings. The third kappa shape index (κ3) is 1.10. The van der Waals surface area contributed by atoms with Gasteiger partial charge in [-0.3, -0.25) is 0 Å². The van der Waals surface area contributed by atoms with E-state index in [9.17, 15) is 0 Å². The average Bonchev–Trinajstić information content (AvgIpc) is 2.31. The summed E-state index contributed by atoms with van der Waals surface area (Å²) in [4.78, 5) is 4.32. The van der Waals surface area contributed by atoms with E-state index < -0.39 is 0 Å². The molecular weight excluding hydrogens is 174 g/mol. The predicted molar refractivity (Wildman–Crippen MR) is 51.7 cm³/mol. The van der Waals surface area contributed by atoms with E-state index in [1.54, 1.807) is 11.3 Å². The first-order chi connectivity index (χ1) is 5.27. The zero-order valence-electron chi connectivity index (χ0n) is 6.05. The average molecular weight is 181 g/mol. The highest BCUT2D eigenvalue weighted by molar-refractivity contribution is 7.71. The van der Waals surface area contributed by atoms with Gasteiger partial charge in [0.2, 0.25) is 0 Å². The van der Waals surface area contributed by atoms with E-state index in [2.05, 4.69) is 24.0 Å². The topological polar surface area (TPSA) is 15.8 Å². The summed E-state index contributed by atoms with van der Waals surface area (Å²) in [7, 11) is 0. The molecule has 0 amide bonds. The fourth-order valence-corrected chi connectivity index (χ4v) is 2.32. The van der Waals surface area contributed by atoms with Crippen LogP contribution in [0.5, 0.6) is 0 Å². The maximum Gasteiger partial charge on any atom is 0.121 e. The number of fused-ring (bicyclic) bond motifs is 1.